The van der Waals surface area contributed by atoms with Gasteiger partial charge >= 0.3 is 0 Å². The molecule has 0 radical (unpaired) electrons. The summed E-state index contributed by atoms with van der Waals surface area (Å²) in [6.45, 7) is 12.2. The van der Waals surface area contributed by atoms with Crippen LogP contribution in [-0.2, 0) is 32.4 Å². The van der Waals surface area contributed by atoms with Crippen LogP contribution in [0.15, 0.2) is 67.3 Å². The van der Waals surface area contributed by atoms with Gasteiger partial charge in [-0.25, -0.2) is 0 Å². The maximum Gasteiger partial charge on any atom is 0.122 e. The number of aryl methyl sites for hydroxylation is 3. The van der Waals surface area contributed by atoms with Crippen LogP contribution in [0.4, 0.5) is 0 Å². The van der Waals surface area contributed by atoms with E-state index in [9.17, 15) is 0 Å². The van der Waals surface area contributed by atoms with Gasteiger partial charge in [0.05, 0.1) is 11.0 Å². The van der Waals surface area contributed by atoms with E-state index in [0.717, 1.165) is 47.2 Å². The minimum Gasteiger partial charge on any atom is -0.489 e. The van der Waals surface area contributed by atoms with Crippen LogP contribution in [0.1, 0.15) is 85.4 Å². The summed E-state index contributed by atoms with van der Waals surface area (Å²) in [6.07, 6.45) is 10.3. The fourth-order valence-corrected chi connectivity index (χ4v) is 5.79. The van der Waals surface area contributed by atoms with Crippen molar-refractivity contribution in [3.05, 3.63) is 106 Å². The molecule has 206 valence electrons. The van der Waals surface area contributed by atoms with Crippen molar-refractivity contribution in [2.75, 3.05) is 0 Å². The van der Waals surface area contributed by atoms with Crippen LogP contribution in [0, 0.1) is 0 Å². The van der Waals surface area contributed by atoms with Gasteiger partial charge in [-0.2, -0.15) is 0 Å². The van der Waals surface area contributed by atoms with Gasteiger partial charge in [0, 0.05) is 47.7 Å². The highest BCUT2D eigenvalue weighted by atomic mass is 16.5. The summed E-state index contributed by atoms with van der Waals surface area (Å²) in [7, 11) is 0. The van der Waals surface area contributed by atoms with Crippen molar-refractivity contribution in [2.24, 2.45) is 5.73 Å². The molecule has 3 heterocycles. The average Bonchev–Trinajstić information content (AvgIpc) is 2.97. The number of rotatable bonds is 10. The number of fused-ring (bicyclic) bond motifs is 2. The zero-order chi connectivity index (χ0) is 28.2. The van der Waals surface area contributed by atoms with Crippen LogP contribution >= 0.6 is 0 Å². The minimum absolute atomic E-state index is 0.385. The maximum absolute atomic E-state index is 6.16. The molecular formula is C35H40N4O. The van der Waals surface area contributed by atoms with Gasteiger partial charge in [-0.05, 0) is 94.8 Å². The van der Waals surface area contributed by atoms with E-state index in [1.165, 1.54) is 38.6 Å². The fourth-order valence-electron chi connectivity index (χ4n) is 5.79. The van der Waals surface area contributed by atoms with Crippen LogP contribution in [0.25, 0.3) is 21.8 Å². The van der Waals surface area contributed by atoms with E-state index in [4.69, 9.17) is 20.4 Å². The number of hydrogen-bond acceptors (Lipinski definition) is 5. The number of nitrogens with zero attached hydrogens (tertiary/aromatic N) is 3. The Labute approximate surface area is 237 Å². The van der Waals surface area contributed by atoms with Crippen molar-refractivity contribution < 1.29 is 4.74 Å². The lowest BCUT2D eigenvalue weighted by atomic mass is 9.88. The molecule has 5 nitrogen and oxygen atoms in total. The highest BCUT2D eigenvalue weighted by Crippen LogP contribution is 2.33. The van der Waals surface area contributed by atoms with Crippen LogP contribution in [0.3, 0.4) is 0 Å². The first-order chi connectivity index (χ1) is 19.4. The van der Waals surface area contributed by atoms with Crippen molar-refractivity contribution in [3.8, 4) is 5.75 Å². The molecule has 0 bridgehead atoms. The summed E-state index contributed by atoms with van der Waals surface area (Å²) >= 11 is 0. The molecule has 0 saturated heterocycles. The third kappa shape index (κ3) is 5.71. The molecular weight excluding hydrogens is 492 g/mol. The van der Waals surface area contributed by atoms with Crippen LogP contribution in [-0.4, -0.2) is 15.0 Å². The van der Waals surface area contributed by atoms with E-state index < -0.39 is 0 Å². The van der Waals surface area contributed by atoms with Crippen molar-refractivity contribution in [2.45, 2.75) is 78.9 Å². The first kappa shape index (κ1) is 27.7. The lowest BCUT2D eigenvalue weighted by molar-refractivity contribution is 0.307. The molecule has 0 aliphatic heterocycles. The monoisotopic (exact) mass is 532 g/mol. The Bertz CT molecular complexity index is 1630. The molecule has 5 rings (SSSR count). The summed E-state index contributed by atoms with van der Waals surface area (Å²) in [4.78, 5) is 13.8. The van der Waals surface area contributed by atoms with Crippen LogP contribution in [0.5, 0.6) is 5.75 Å². The first-order valence-electron chi connectivity index (χ1n) is 14.5. The molecule has 0 unspecified atom stereocenters. The van der Waals surface area contributed by atoms with E-state index in [1.54, 1.807) is 12.4 Å². The molecule has 0 aliphatic rings. The van der Waals surface area contributed by atoms with Crippen molar-refractivity contribution in [3.63, 3.8) is 0 Å². The summed E-state index contributed by atoms with van der Waals surface area (Å²) < 4.78 is 6.16. The molecule has 0 saturated carbocycles. The number of aromatic nitrogens is 3. The molecule has 0 fully saturated rings. The predicted octanol–water partition coefficient (Wildman–Crippen LogP) is 7.81. The topological polar surface area (TPSA) is 73.9 Å². The van der Waals surface area contributed by atoms with Gasteiger partial charge in [0.1, 0.15) is 12.4 Å². The Kier molecular flexibility index (Phi) is 8.41. The normalized spacial score (nSPS) is 11.7. The molecule has 0 amide bonds. The SMILES string of the molecule is CCc1cc(CN)c2ncc(CCc3cc(COc4ccncc4)c4nccc(C(C)C)c4c3)c(C(C)C)c2c1. The third-order valence-electron chi connectivity index (χ3n) is 7.81. The van der Waals surface area contributed by atoms with Crippen molar-refractivity contribution >= 4 is 21.8 Å². The van der Waals surface area contributed by atoms with Gasteiger partial charge in [0.2, 0.25) is 0 Å². The minimum atomic E-state index is 0.385. The highest BCUT2D eigenvalue weighted by molar-refractivity contribution is 5.88. The molecule has 2 aromatic carbocycles. The molecule has 0 aliphatic carbocycles. The third-order valence-corrected chi connectivity index (χ3v) is 7.81. The van der Waals surface area contributed by atoms with Crippen LogP contribution in [0.2, 0.25) is 0 Å². The summed E-state index contributed by atoms with van der Waals surface area (Å²) in [5.74, 6) is 1.59. The molecule has 0 atom stereocenters. The van der Waals surface area contributed by atoms with Gasteiger partial charge in [-0.15, -0.1) is 0 Å². The number of pyridine rings is 3. The number of hydrogen-bond donors (Lipinski definition) is 1. The Morgan fingerprint density at radius 3 is 2.17 bits per heavy atom. The molecule has 2 N–H and O–H groups in total. The van der Waals surface area contributed by atoms with E-state index in [1.807, 2.05) is 18.3 Å². The van der Waals surface area contributed by atoms with Crippen molar-refractivity contribution in [1.82, 2.24) is 15.0 Å². The van der Waals surface area contributed by atoms with Crippen LogP contribution < -0.4 is 10.5 Å². The van der Waals surface area contributed by atoms with Gasteiger partial charge in [-0.1, -0.05) is 46.8 Å². The Morgan fingerprint density at radius 2 is 1.48 bits per heavy atom. The van der Waals surface area contributed by atoms with Gasteiger partial charge in [-0.3, -0.25) is 15.0 Å². The van der Waals surface area contributed by atoms with Gasteiger partial charge in [0.15, 0.2) is 0 Å². The second-order valence-electron chi connectivity index (χ2n) is 11.2. The number of ether oxygens (including phenoxy) is 1. The summed E-state index contributed by atoms with van der Waals surface area (Å²) in [5.41, 5.74) is 17.0. The Morgan fingerprint density at radius 1 is 0.750 bits per heavy atom. The van der Waals surface area contributed by atoms with Crippen molar-refractivity contribution in [1.29, 1.82) is 0 Å². The van der Waals surface area contributed by atoms with E-state index in [0.29, 0.717) is 25.0 Å². The molecule has 3 aromatic heterocycles. The predicted molar refractivity (Wildman–Crippen MR) is 165 cm³/mol. The van der Waals surface area contributed by atoms with E-state index in [-0.39, 0.29) is 0 Å². The quantitative estimate of drug-likeness (QED) is 0.199. The number of nitrogens with two attached hydrogens (primary N) is 1. The Balaban J connectivity index is 1.54. The summed E-state index contributed by atoms with van der Waals surface area (Å²) in [5, 5.41) is 2.47. The molecule has 0 spiro atoms. The second kappa shape index (κ2) is 12.1. The zero-order valence-corrected chi connectivity index (χ0v) is 24.4. The lowest BCUT2D eigenvalue weighted by Crippen LogP contribution is -2.06. The first-order valence-corrected chi connectivity index (χ1v) is 14.5. The average molecular weight is 533 g/mol. The number of benzene rings is 2. The smallest absolute Gasteiger partial charge is 0.122 e. The Hall–Kier alpha value is -3.83. The van der Waals surface area contributed by atoms with Gasteiger partial charge in [0.25, 0.3) is 0 Å². The van der Waals surface area contributed by atoms with Gasteiger partial charge < -0.3 is 10.5 Å². The van der Waals surface area contributed by atoms with E-state index >= 15 is 0 Å². The molecule has 40 heavy (non-hydrogen) atoms. The molecule has 5 heteroatoms. The second-order valence-corrected chi connectivity index (χ2v) is 11.2. The highest BCUT2D eigenvalue weighted by Gasteiger charge is 2.17. The standard InChI is InChI=1S/C35H40N4O/c1-6-24-15-27(19-36)34-32(17-24)33(23(4)5)26(20-39-34)8-7-25-16-28(21-40-29-9-12-37-13-10-29)35-31(18-25)30(22(2)3)11-14-38-35/h9-18,20,22-23H,6-8,19,21,36H2,1-5H3. The fraction of sp³-hybridized carbons (Fsp3) is 0.343. The summed E-state index contributed by atoms with van der Waals surface area (Å²) in [6, 6.07) is 15.1. The largest absolute Gasteiger partial charge is 0.489 e. The molecule has 5 aromatic rings. The zero-order valence-electron chi connectivity index (χ0n) is 24.4. The lowest BCUT2D eigenvalue weighted by Gasteiger charge is -2.19. The maximum atomic E-state index is 6.16. The van der Waals surface area contributed by atoms with E-state index in [2.05, 4.69) is 76.1 Å².